The van der Waals surface area contributed by atoms with Gasteiger partial charge in [-0.05, 0) is 73.9 Å². The summed E-state index contributed by atoms with van der Waals surface area (Å²) < 4.78 is 45.8. The maximum atomic E-state index is 14.9. The Kier molecular flexibility index (Phi) is 9.35. The molecule has 0 aliphatic carbocycles. The van der Waals surface area contributed by atoms with E-state index in [0.717, 1.165) is 23.8 Å². The van der Waals surface area contributed by atoms with Gasteiger partial charge in [-0.1, -0.05) is 20.8 Å². The molecule has 4 aromatic rings. The van der Waals surface area contributed by atoms with Crippen molar-refractivity contribution in [1.82, 2.24) is 24.3 Å². The fourth-order valence-electron chi connectivity index (χ4n) is 7.28. The van der Waals surface area contributed by atoms with Crippen molar-refractivity contribution in [2.75, 3.05) is 13.1 Å². The van der Waals surface area contributed by atoms with Gasteiger partial charge in [0.25, 0.3) is 0 Å². The number of H-pyrrole nitrogens is 1. The van der Waals surface area contributed by atoms with Crippen LogP contribution in [0.5, 0.6) is 0 Å². The molecule has 252 valence electrons. The van der Waals surface area contributed by atoms with Crippen LogP contribution >= 0.6 is 0 Å². The molecule has 2 saturated heterocycles. The highest BCUT2D eigenvalue weighted by molar-refractivity contribution is 5.92. The van der Waals surface area contributed by atoms with Crippen LogP contribution in [0.15, 0.2) is 36.4 Å². The summed E-state index contributed by atoms with van der Waals surface area (Å²) in [7, 11) is 0. The maximum absolute atomic E-state index is 14.9. The number of amides is 2. The van der Waals surface area contributed by atoms with Crippen LogP contribution in [0.4, 0.5) is 13.2 Å². The molecular weight excluding hydrogens is 607 g/mol. The summed E-state index contributed by atoms with van der Waals surface area (Å²) in [6.45, 7) is 6.79. The molecule has 2 aliphatic rings. The number of benzene rings is 2. The third-order valence-electron chi connectivity index (χ3n) is 9.99. The standard InChI is InChI=1S/C35H44F3N7O2/c1-4-27(39)34(46)45-18-22(38)14-24(45)17-26-25-9-7-20(36)15-28(25)41-32(26)33-42-29-16-21(37)8-10-30(29)44(33)13-11-23-6-5-12-43(23)35(47)31(40)19(2)3/h7-10,15-16,19,22-24,27,31,41H,4-6,11-14,17-18,39-40H2,1-3H3/t22-,23-,24-,27-,31-/m0/s1. The quantitative estimate of drug-likeness (QED) is 0.221. The predicted octanol–water partition coefficient (Wildman–Crippen LogP) is 5.05. The number of alkyl halides is 1. The first kappa shape index (κ1) is 33.0. The summed E-state index contributed by atoms with van der Waals surface area (Å²) >= 11 is 0. The van der Waals surface area contributed by atoms with Gasteiger partial charge in [0.15, 0.2) is 5.82 Å². The zero-order chi connectivity index (χ0) is 33.6. The molecule has 0 radical (unpaired) electrons. The molecule has 12 heteroatoms. The molecule has 2 amide bonds. The van der Waals surface area contributed by atoms with Gasteiger partial charge < -0.3 is 30.8 Å². The van der Waals surface area contributed by atoms with Gasteiger partial charge in [0.05, 0.1) is 35.4 Å². The molecule has 6 rings (SSSR count). The van der Waals surface area contributed by atoms with Crippen LogP contribution in [0, 0.1) is 17.6 Å². The van der Waals surface area contributed by atoms with Gasteiger partial charge in [0, 0.05) is 48.6 Å². The molecule has 0 spiro atoms. The van der Waals surface area contributed by atoms with E-state index < -0.39 is 35.9 Å². The third kappa shape index (κ3) is 6.37. The number of hydrogen-bond donors (Lipinski definition) is 3. The predicted molar refractivity (Wildman–Crippen MR) is 176 cm³/mol. The summed E-state index contributed by atoms with van der Waals surface area (Å²) in [6.07, 6.45) is 2.05. The Hall–Kier alpha value is -3.90. The normalized spacial score (nSPS) is 21.4. The number of halogens is 3. The van der Waals surface area contributed by atoms with E-state index in [9.17, 15) is 22.8 Å². The number of imidazole rings is 1. The molecule has 5 N–H and O–H groups in total. The number of nitrogens with two attached hydrogens (primary N) is 2. The van der Waals surface area contributed by atoms with Crippen molar-refractivity contribution in [3.05, 3.63) is 53.6 Å². The fraction of sp³-hybridized carbons (Fsp3) is 0.514. The Morgan fingerprint density at radius 2 is 1.79 bits per heavy atom. The molecular formula is C35H44F3N7O2. The van der Waals surface area contributed by atoms with Crippen molar-refractivity contribution in [2.45, 2.75) is 96.2 Å². The van der Waals surface area contributed by atoms with E-state index in [-0.39, 0.29) is 36.7 Å². The summed E-state index contributed by atoms with van der Waals surface area (Å²) in [5, 5.41) is 0.732. The number of aromatic nitrogens is 3. The Bertz CT molecular complexity index is 1790. The van der Waals surface area contributed by atoms with Gasteiger partial charge in [-0.25, -0.2) is 18.2 Å². The molecule has 2 fully saturated rings. The van der Waals surface area contributed by atoms with Crippen LogP contribution in [0.25, 0.3) is 33.5 Å². The number of fused-ring (bicyclic) bond motifs is 2. The van der Waals surface area contributed by atoms with E-state index in [1.165, 1.54) is 29.2 Å². The number of hydrogen-bond acceptors (Lipinski definition) is 5. The van der Waals surface area contributed by atoms with E-state index >= 15 is 0 Å². The average Bonchev–Trinajstić information content (AvgIpc) is 3.82. The summed E-state index contributed by atoms with van der Waals surface area (Å²) in [5.74, 6) is -0.655. The lowest BCUT2D eigenvalue weighted by molar-refractivity contribution is -0.135. The van der Waals surface area contributed by atoms with Crippen molar-refractivity contribution in [1.29, 1.82) is 0 Å². The van der Waals surface area contributed by atoms with Gasteiger partial charge in [-0.2, -0.15) is 0 Å². The van der Waals surface area contributed by atoms with Gasteiger partial charge in [0.1, 0.15) is 17.8 Å². The van der Waals surface area contributed by atoms with E-state index in [2.05, 4.69) is 4.98 Å². The molecule has 0 saturated carbocycles. The molecule has 2 aliphatic heterocycles. The first-order valence-corrected chi connectivity index (χ1v) is 16.7. The van der Waals surface area contributed by atoms with E-state index in [1.807, 2.05) is 30.2 Å². The van der Waals surface area contributed by atoms with Crippen molar-refractivity contribution < 1.29 is 22.8 Å². The third-order valence-corrected chi connectivity index (χ3v) is 9.99. The lowest BCUT2D eigenvalue weighted by Crippen LogP contribution is -2.48. The van der Waals surface area contributed by atoms with Crippen molar-refractivity contribution in [3.63, 3.8) is 0 Å². The highest BCUT2D eigenvalue weighted by atomic mass is 19.1. The second kappa shape index (κ2) is 13.3. The van der Waals surface area contributed by atoms with Gasteiger partial charge in [-0.15, -0.1) is 0 Å². The van der Waals surface area contributed by atoms with Gasteiger partial charge >= 0.3 is 0 Å². The topological polar surface area (TPSA) is 126 Å². The lowest BCUT2D eigenvalue weighted by Gasteiger charge is -2.29. The number of carbonyl (C=O) groups excluding carboxylic acids is 2. The lowest BCUT2D eigenvalue weighted by atomic mass is 9.99. The monoisotopic (exact) mass is 651 g/mol. The van der Waals surface area contributed by atoms with Crippen molar-refractivity contribution in [2.24, 2.45) is 17.4 Å². The van der Waals surface area contributed by atoms with Crippen molar-refractivity contribution >= 4 is 33.8 Å². The molecule has 0 unspecified atom stereocenters. The molecule has 2 aromatic heterocycles. The average molecular weight is 652 g/mol. The Morgan fingerprint density at radius 3 is 2.53 bits per heavy atom. The van der Waals surface area contributed by atoms with E-state index in [4.69, 9.17) is 16.5 Å². The number of rotatable bonds is 10. The van der Waals surface area contributed by atoms with Gasteiger partial charge in [0.2, 0.25) is 11.8 Å². The number of aromatic amines is 1. The number of aryl methyl sites for hydroxylation is 1. The SMILES string of the molecule is CC[C@H](N)C(=O)N1C[C@@H](F)C[C@H]1Cc1c(-c2nc3cc(F)ccc3n2CC[C@@H]2CCCN2C(=O)[C@@H](N)C(C)C)[nH]c2cc(F)ccc12. The second-order valence-electron chi connectivity index (χ2n) is 13.5. The second-order valence-corrected chi connectivity index (χ2v) is 13.5. The minimum Gasteiger partial charge on any atom is -0.352 e. The fourth-order valence-corrected chi connectivity index (χ4v) is 7.28. The minimum atomic E-state index is -1.19. The van der Waals surface area contributed by atoms with Crippen LogP contribution in [0.1, 0.15) is 58.4 Å². The Labute approximate surface area is 272 Å². The molecule has 0 bridgehead atoms. The van der Waals surface area contributed by atoms with Crippen LogP contribution in [0.3, 0.4) is 0 Å². The summed E-state index contributed by atoms with van der Waals surface area (Å²) in [6, 6.07) is 7.13. The smallest absolute Gasteiger partial charge is 0.239 e. The zero-order valence-electron chi connectivity index (χ0n) is 27.2. The summed E-state index contributed by atoms with van der Waals surface area (Å²) in [5.41, 5.74) is 15.4. The molecule has 2 aromatic carbocycles. The first-order valence-electron chi connectivity index (χ1n) is 16.7. The number of nitrogens with one attached hydrogen (secondary N) is 1. The molecule has 4 heterocycles. The highest BCUT2D eigenvalue weighted by Gasteiger charge is 2.38. The van der Waals surface area contributed by atoms with Crippen LogP contribution in [-0.2, 0) is 22.6 Å². The Morgan fingerprint density at radius 1 is 1.04 bits per heavy atom. The van der Waals surface area contributed by atoms with E-state index in [1.54, 1.807) is 12.1 Å². The van der Waals surface area contributed by atoms with Crippen LogP contribution < -0.4 is 11.5 Å². The van der Waals surface area contributed by atoms with Crippen LogP contribution in [-0.4, -0.2) is 79.6 Å². The number of carbonyl (C=O) groups is 2. The van der Waals surface area contributed by atoms with E-state index in [0.29, 0.717) is 60.4 Å². The first-order chi connectivity index (χ1) is 22.5. The van der Waals surface area contributed by atoms with Gasteiger partial charge in [-0.3, -0.25) is 9.59 Å². The highest BCUT2D eigenvalue weighted by Crippen LogP contribution is 2.37. The maximum Gasteiger partial charge on any atom is 0.239 e. The molecule has 5 atom stereocenters. The number of nitrogens with zero attached hydrogens (tertiary/aromatic N) is 4. The van der Waals surface area contributed by atoms with Crippen molar-refractivity contribution in [3.8, 4) is 11.5 Å². The largest absolute Gasteiger partial charge is 0.352 e. The molecule has 9 nitrogen and oxygen atoms in total. The Balaban J connectivity index is 1.41. The minimum absolute atomic E-state index is 0.0170. The molecule has 47 heavy (non-hydrogen) atoms. The zero-order valence-corrected chi connectivity index (χ0v) is 27.2. The van der Waals surface area contributed by atoms with Crippen LogP contribution in [0.2, 0.25) is 0 Å². The number of likely N-dealkylation sites (tertiary alicyclic amines) is 2. The summed E-state index contributed by atoms with van der Waals surface area (Å²) in [4.78, 5) is 38.1.